The first-order valence-electron chi connectivity index (χ1n) is 8.49. The van der Waals surface area contributed by atoms with E-state index in [4.69, 9.17) is 10.00 Å². The van der Waals surface area contributed by atoms with Crippen molar-refractivity contribution in [2.24, 2.45) is 0 Å². The topological polar surface area (TPSA) is 129 Å². The lowest BCUT2D eigenvalue weighted by atomic mass is 9.99. The van der Waals surface area contributed by atoms with Crippen LogP contribution in [-0.2, 0) is 19.1 Å². The van der Waals surface area contributed by atoms with Crippen molar-refractivity contribution in [2.45, 2.75) is 30.7 Å². The Kier molecular flexibility index (Phi) is 7.00. The number of amides is 4. The quantitative estimate of drug-likeness (QED) is 0.382. The molecule has 0 radical (unpaired) electrons. The predicted octanol–water partition coefficient (Wildman–Crippen LogP) is 1.50. The molecule has 1 heterocycles. The number of anilines is 1. The van der Waals surface area contributed by atoms with Crippen molar-refractivity contribution in [3.05, 3.63) is 24.3 Å². The third-order valence-electron chi connectivity index (χ3n) is 4.16. The number of carbonyl (C=O) groups is 4. The van der Waals surface area contributed by atoms with Gasteiger partial charge in [-0.05, 0) is 25.5 Å². The number of rotatable bonds is 8. The van der Waals surface area contributed by atoms with Crippen LogP contribution in [0.1, 0.15) is 20.3 Å². The zero-order valence-electron chi connectivity index (χ0n) is 15.5. The van der Waals surface area contributed by atoms with Gasteiger partial charge in [-0.2, -0.15) is 5.26 Å². The average molecular weight is 404 g/mol. The summed E-state index contributed by atoms with van der Waals surface area (Å²) in [5, 5.41) is 13.8. The van der Waals surface area contributed by atoms with Gasteiger partial charge in [0.15, 0.2) is 6.61 Å². The molecule has 2 N–H and O–H groups in total. The Balaban J connectivity index is 1.87. The molecular formula is C18H20N4O5S. The summed E-state index contributed by atoms with van der Waals surface area (Å²) in [5.41, 5.74) is -0.545. The number of hydrogen-bond acceptors (Lipinski definition) is 7. The van der Waals surface area contributed by atoms with Crippen molar-refractivity contribution >= 4 is 41.3 Å². The molecule has 1 aliphatic rings. The van der Waals surface area contributed by atoms with Crippen molar-refractivity contribution < 1.29 is 23.9 Å². The van der Waals surface area contributed by atoms with Gasteiger partial charge in [0.2, 0.25) is 0 Å². The first kappa shape index (κ1) is 21.2. The molecule has 0 spiro atoms. The molecule has 28 heavy (non-hydrogen) atoms. The number of nitrogens with one attached hydrogen (secondary N) is 2. The Labute approximate surface area is 166 Å². The molecule has 1 saturated heterocycles. The number of thioether (sulfide) groups is 1. The number of ether oxygens (including phenoxy) is 1. The van der Waals surface area contributed by atoms with Gasteiger partial charge in [-0.3, -0.25) is 19.3 Å². The van der Waals surface area contributed by atoms with Gasteiger partial charge in [-0.1, -0.05) is 19.1 Å². The second-order valence-electron chi connectivity index (χ2n) is 6.16. The van der Waals surface area contributed by atoms with Crippen molar-refractivity contribution in [3.63, 3.8) is 0 Å². The van der Waals surface area contributed by atoms with E-state index in [-0.39, 0.29) is 5.75 Å². The number of nitrogens with zero attached hydrogens (tertiary/aromatic N) is 2. The van der Waals surface area contributed by atoms with Crippen LogP contribution in [0.4, 0.5) is 10.5 Å². The van der Waals surface area contributed by atoms with E-state index in [1.165, 1.54) is 11.8 Å². The molecule has 4 amide bonds. The van der Waals surface area contributed by atoms with E-state index in [0.29, 0.717) is 17.0 Å². The monoisotopic (exact) mass is 404 g/mol. The van der Waals surface area contributed by atoms with Crippen molar-refractivity contribution in [2.75, 3.05) is 24.2 Å². The summed E-state index contributed by atoms with van der Waals surface area (Å²) in [7, 11) is 0. The van der Waals surface area contributed by atoms with E-state index in [0.717, 1.165) is 4.90 Å². The van der Waals surface area contributed by atoms with Crippen LogP contribution in [-0.4, -0.2) is 53.2 Å². The van der Waals surface area contributed by atoms with E-state index >= 15 is 0 Å². The zero-order valence-corrected chi connectivity index (χ0v) is 16.3. The molecule has 10 heteroatoms. The first-order valence-corrected chi connectivity index (χ1v) is 9.47. The lowest BCUT2D eigenvalue weighted by molar-refractivity contribution is -0.150. The Morgan fingerprint density at radius 1 is 1.36 bits per heavy atom. The minimum absolute atomic E-state index is 0.227. The molecule has 148 valence electrons. The number of esters is 1. The summed E-state index contributed by atoms with van der Waals surface area (Å²) >= 11 is 1.26. The van der Waals surface area contributed by atoms with Gasteiger partial charge in [0.1, 0.15) is 12.1 Å². The molecule has 1 aromatic rings. The third kappa shape index (κ3) is 5.01. The van der Waals surface area contributed by atoms with Gasteiger partial charge >= 0.3 is 12.0 Å². The first-order chi connectivity index (χ1) is 13.3. The molecule has 0 bridgehead atoms. The highest BCUT2D eigenvalue weighted by Gasteiger charge is 2.47. The van der Waals surface area contributed by atoms with Gasteiger partial charge in [0.05, 0.1) is 17.5 Å². The number of para-hydroxylation sites is 1. The van der Waals surface area contributed by atoms with Gasteiger partial charge in [-0.15, -0.1) is 11.8 Å². The summed E-state index contributed by atoms with van der Waals surface area (Å²) in [6.45, 7) is 2.19. The van der Waals surface area contributed by atoms with E-state index in [1.807, 2.05) is 6.07 Å². The summed E-state index contributed by atoms with van der Waals surface area (Å²) in [6.07, 6.45) is 0.384. The summed E-state index contributed by atoms with van der Waals surface area (Å²) in [4.78, 5) is 49.6. The number of nitriles is 1. The number of hydrogen-bond donors (Lipinski definition) is 2. The van der Waals surface area contributed by atoms with Crippen LogP contribution in [0.5, 0.6) is 0 Å². The highest BCUT2D eigenvalue weighted by molar-refractivity contribution is 7.99. The smallest absolute Gasteiger partial charge is 0.326 e. The van der Waals surface area contributed by atoms with E-state index in [9.17, 15) is 19.2 Å². The normalized spacial score (nSPS) is 18.4. The lowest BCUT2D eigenvalue weighted by Gasteiger charge is -2.18. The van der Waals surface area contributed by atoms with Crippen molar-refractivity contribution in [1.29, 1.82) is 5.26 Å². The maximum Gasteiger partial charge on any atom is 0.326 e. The Morgan fingerprint density at radius 3 is 2.71 bits per heavy atom. The summed E-state index contributed by atoms with van der Waals surface area (Å²) in [5.74, 6) is -1.73. The van der Waals surface area contributed by atoms with E-state index < -0.39 is 42.5 Å². The largest absolute Gasteiger partial charge is 0.454 e. The molecule has 0 aliphatic carbocycles. The predicted molar refractivity (Wildman–Crippen MR) is 101 cm³/mol. The van der Waals surface area contributed by atoms with E-state index in [1.54, 1.807) is 38.1 Å². The van der Waals surface area contributed by atoms with Gasteiger partial charge in [0.25, 0.3) is 11.8 Å². The molecule has 1 aromatic carbocycles. The molecule has 0 saturated carbocycles. The average Bonchev–Trinajstić information content (AvgIpc) is 2.89. The van der Waals surface area contributed by atoms with Crippen LogP contribution >= 0.6 is 11.8 Å². The number of imide groups is 1. The van der Waals surface area contributed by atoms with E-state index in [2.05, 4.69) is 10.6 Å². The van der Waals surface area contributed by atoms with Crippen molar-refractivity contribution in [1.82, 2.24) is 10.2 Å². The Hall–Kier alpha value is -3.06. The summed E-state index contributed by atoms with van der Waals surface area (Å²) < 4.78 is 4.87. The van der Waals surface area contributed by atoms with Crippen LogP contribution in [0.15, 0.2) is 29.2 Å². The highest BCUT2D eigenvalue weighted by atomic mass is 32.2. The molecule has 1 fully saturated rings. The molecule has 1 atom stereocenters. The van der Waals surface area contributed by atoms with Crippen LogP contribution in [0.3, 0.4) is 0 Å². The second-order valence-corrected chi connectivity index (χ2v) is 7.18. The minimum Gasteiger partial charge on any atom is -0.454 e. The Morgan fingerprint density at radius 2 is 2.07 bits per heavy atom. The van der Waals surface area contributed by atoms with Crippen LogP contribution in [0.2, 0.25) is 0 Å². The van der Waals surface area contributed by atoms with Gasteiger partial charge in [0, 0.05) is 4.90 Å². The van der Waals surface area contributed by atoms with Gasteiger partial charge < -0.3 is 15.4 Å². The van der Waals surface area contributed by atoms with Crippen LogP contribution in [0, 0.1) is 11.3 Å². The summed E-state index contributed by atoms with van der Waals surface area (Å²) in [6, 6.07) is 8.26. The fourth-order valence-corrected chi connectivity index (χ4v) is 3.11. The fourth-order valence-electron chi connectivity index (χ4n) is 2.44. The molecular weight excluding hydrogens is 384 g/mol. The maximum atomic E-state index is 12.2. The number of urea groups is 1. The Bertz CT molecular complexity index is 838. The molecule has 0 unspecified atom stereocenters. The fraction of sp³-hybridized carbons (Fsp3) is 0.389. The van der Waals surface area contributed by atoms with Crippen LogP contribution < -0.4 is 10.6 Å². The van der Waals surface area contributed by atoms with Crippen LogP contribution in [0.25, 0.3) is 0 Å². The molecule has 1 aliphatic heterocycles. The standard InChI is InChI=1S/C18H20N4O5S/c1-3-18(2)16(25)22(17(26)21-18)10-15(24)27-11-14(23)20-12-6-4-5-7-13(12)28-9-8-19/h4-7H,3,9-11H2,1-2H3,(H,20,23)(H,21,26)/t18-/m1/s1. The number of benzene rings is 1. The van der Waals surface area contributed by atoms with Gasteiger partial charge in [-0.25, -0.2) is 4.79 Å². The highest BCUT2D eigenvalue weighted by Crippen LogP contribution is 2.26. The maximum absolute atomic E-state index is 12.2. The molecule has 0 aromatic heterocycles. The SMILES string of the molecule is CC[C@@]1(C)NC(=O)N(CC(=O)OCC(=O)Nc2ccccc2SCC#N)C1=O. The third-order valence-corrected chi connectivity index (χ3v) is 5.10. The minimum atomic E-state index is -1.04. The molecule has 2 rings (SSSR count). The number of carbonyl (C=O) groups excluding carboxylic acids is 4. The lowest BCUT2D eigenvalue weighted by Crippen LogP contribution is -2.43. The molecule has 9 nitrogen and oxygen atoms in total. The second kappa shape index (κ2) is 9.23. The zero-order chi connectivity index (χ0) is 20.7. The van der Waals surface area contributed by atoms with Crippen molar-refractivity contribution in [3.8, 4) is 6.07 Å².